The Labute approximate surface area is 280 Å². The summed E-state index contributed by atoms with van der Waals surface area (Å²) in [5, 5.41) is 4.98. The maximum absolute atomic E-state index is 2.41. The van der Waals surface area contributed by atoms with Gasteiger partial charge in [-0.1, -0.05) is 133 Å². The Morgan fingerprint density at radius 1 is 0.354 bits per heavy atom. The van der Waals surface area contributed by atoms with Crippen molar-refractivity contribution in [2.24, 2.45) is 0 Å². The molecule has 226 valence electrons. The third kappa shape index (κ3) is 4.74. The summed E-state index contributed by atoms with van der Waals surface area (Å²) in [6, 6.07) is 69.8. The van der Waals surface area contributed by atoms with Gasteiger partial charge in [0.05, 0.1) is 11.0 Å². The van der Waals surface area contributed by atoms with Crippen LogP contribution < -0.4 is 4.90 Å². The maximum atomic E-state index is 2.41. The summed E-state index contributed by atoms with van der Waals surface area (Å²) in [5.41, 5.74) is 11.7. The first-order chi connectivity index (χ1) is 23.8. The molecular weight excluding hydrogens is 581 g/mol. The molecule has 1 heterocycles. The van der Waals surface area contributed by atoms with E-state index in [0.717, 1.165) is 22.7 Å². The van der Waals surface area contributed by atoms with Crippen molar-refractivity contribution in [1.29, 1.82) is 0 Å². The zero-order valence-electron chi connectivity index (χ0n) is 26.4. The van der Waals surface area contributed by atoms with Gasteiger partial charge in [-0.2, -0.15) is 0 Å². The Balaban J connectivity index is 1.31. The molecule has 8 aromatic carbocycles. The van der Waals surface area contributed by atoms with Crippen molar-refractivity contribution in [3.05, 3.63) is 194 Å². The van der Waals surface area contributed by atoms with Gasteiger partial charge in [0.1, 0.15) is 0 Å². The predicted octanol–water partition coefficient (Wildman–Crippen LogP) is 12.7. The highest BCUT2D eigenvalue weighted by molar-refractivity contribution is 6.23. The van der Waals surface area contributed by atoms with Gasteiger partial charge in [0.25, 0.3) is 0 Å². The smallest absolute Gasteiger partial charge is 0.0553 e. The summed E-state index contributed by atoms with van der Waals surface area (Å²) < 4.78 is 2.41. The molecule has 0 aliphatic carbocycles. The molecule has 9 rings (SSSR count). The van der Waals surface area contributed by atoms with E-state index in [4.69, 9.17) is 0 Å². The molecule has 0 fully saturated rings. The first kappa shape index (κ1) is 27.9. The lowest BCUT2D eigenvalue weighted by atomic mass is 9.92. The van der Waals surface area contributed by atoms with Crippen molar-refractivity contribution in [3.63, 3.8) is 0 Å². The molecule has 0 saturated carbocycles. The monoisotopic (exact) mass is 612 g/mol. The fourth-order valence-corrected chi connectivity index (χ4v) is 7.23. The molecule has 0 atom stereocenters. The molecule has 0 bridgehead atoms. The summed E-state index contributed by atoms with van der Waals surface area (Å²) in [7, 11) is 0. The number of anilines is 3. The van der Waals surface area contributed by atoms with E-state index in [-0.39, 0.29) is 0 Å². The highest BCUT2D eigenvalue weighted by Crippen LogP contribution is 2.45. The number of aromatic nitrogens is 1. The van der Waals surface area contributed by atoms with Crippen molar-refractivity contribution in [2.45, 2.75) is 0 Å². The second kappa shape index (κ2) is 11.8. The van der Waals surface area contributed by atoms with Gasteiger partial charge < -0.3 is 9.47 Å². The maximum Gasteiger partial charge on any atom is 0.0553 e. The lowest BCUT2D eigenvalue weighted by Crippen LogP contribution is -2.10. The summed E-state index contributed by atoms with van der Waals surface area (Å²) in [4.78, 5) is 2.37. The Morgan fingerprint density at radius 3 is 1.65 bits per heavy atom. The zero-order chi connectivity index (χ0) is 31.9. The first-order valence-electron chi connectivity index (χ1n) is 16.4. The molecule has 0 N–H and O–H groups in total. The van der Waals surface area contributed by atoms with Crippen LogP contribution in [0.3, 0.4) is 0 Å². The SMILES string of the molecule is c1ccc(-c2cccc(N(c3ccccc3)c3cccc(-c4c5ccccc5cc5c4c4ccccc4n5-c4ccccc4)c3)c2)cc1. The number of para-hydroxylation sites is 3. The average molecular weight is 613 g/mol. The van der Waals surface area contributed by atoms with Crippen molar-refractivity contribution >= 4 is 49.6 Å². The van der Waals surface area contributed by atoms with Crippen LogP contribution in [0.2, 0.25) is 0 Å². The van der Waals surface area contributed by atoms with E-state index in [1.807, 2.05) is 0 Å². The molecule has 0 unspecified atom stereocenters. The highest BCUT2D eigenvalue weighted by Gasteiger charge is 2.20. The minimum absolute atomic E-state index is 1.11. The van der Waals surface area contributed by atoms with Gasteiger partial charge in [0, 0.05) is 33.5 Å². The molecule has 0 radical (unpaired) electrons. The van der Waals surface area contributed by atoms with Gasteiger partial charge in [0.2, 0.25) is 0 Å². The van der Waals surface area contributed by atoms with Gasteiger partial charge in [-0.25, -0.2) is 0 Å². The molecule has 1 aromatic heterocycles. The molecule has 0 amide bonds. The molecule has 0 aliphatic rings. The van der Waals surface area contributed by atoms with E-state index in [1.165, 1.54) is 54.8 Å². The Hall–Kier alpha value is -6.38. The fourth-order valence-electron chi connectivity index (χ4n) is 7.23. The molecule has 0 saturated heterocycles. The molecule has 2 heteroatoms. The van der Waals surface area contributed by atoms with Gasteiger partial charge in [-0.3, -0.25) is 0 Å². The number of benzene rings is 8. The molecule has 0 aliphatic heterocycles. The first-order valence-corrected chi connectivity index (χ1v) is 16.4. The van der Waals surface area contributed by atoms with Crippen molar-refractivity contribution in [2.75, 3.05) is 4.90 Å². The summed E-state index contributed by atoms with van der Waals surface area (Å²) in [6.45, 7) is 0. The molecule has 48 heavy (non-hydrogen) atoms. The third-order valence-electron chi connectivity index (χ3n) is 9.32. The lowest BCUT2D eigenvalue weighted by Gasteiger charge is -2.26. The normalized spacial score (nSPS) is 11.3. The number of hydrogen-bond donors (Lipinski definition) is 0. The van der Waals surface area contributed by atoms with Gasteiger partial charge in [-0.15, -0.1) is 0 Å². The molecule has 9 aromatic rings. The van der Waals surface area contributed by atoms with E-state index >= 15 is 0 Å². The van der Waals surface area contributed by atoms with E-state index in [2.05, 4.69) is 204 Å². The standard InChI is InChI=1S/C46H32N2/c1-4-16-33(17-5-1)34-19-14-25-39(30-34)47(37-21-6-2-7-22-37)40-26-15-20-36(31-40)45-41-27-11-10-18-35(41)32-44-46(45)42-28-12-13-29-43(42)48(44)38-23-8-3-9-24-38/h1-32H. The fraction of sp³-hybridized carbons (Fsp3) is 0. The Morgan fingerprint density at radius 2 is 0.896 bits per heavy atom. The molecular formula is C46H32N2. The average Bonchev–Trinajstić information content (AvgIpc) is 3.49. The van der Waals surface area contributed by atoms with Crippen LogP contribution in [0, 0.1) is 0 Å². The van der Waals surface area contributed by atoms with Crippen LogP contribution in [0.25, 0.3) is 60.5 Å². The second-order valence-corrected chi connectivity index (χ2v) is 12.2. The van der Waals surface area contributed by atoms with Crippen molar-refractivity contribution in [3.8, 4) is 27.9 Å². The zero-order valence-corrected chi connectivity index (χ0v) is 26.4. The largest absolute Gasteiger partial charge is 0.310 e. The number of nitrogens with zero attached hydrogens (tertiary/aromatic N) is 2. The minimum atomic E-state index is 1.11. The summed E-state index contributed by atoms with van der Waals surface area (Å²) in [6.07, 6.45) is 0. The van der Waals surface area contributed by atoms with Crippen molar-refractivity contribution in [1.82, 2.24) is 4.57 Å². The lowest BCUT2D eigenvalue weighted by molar-refractivity contribution is 1.18. The molecule has 2 nitrogen and oxygen atoms in total. The topological polar surface area (TPSA) is 8.17 Å². The number of fused-ring (bicyclic) bond motifs is 4. The number of rotatable bonds is 6. The van der Waals surface area contributed by atoms with Crippen LogP contribution in [0.4, 0.5) is 17.1 Å². The van der Waals surface area contributed by atoms with E-state index in [9.17, 15) is 0 Å². The molecule has 0 spiro atoms. The van der Waals surface area contributed by atoms with Gasteiger partial charge in [0.15, 0.2) is 0 Å². The second-order valence-electron chi connectivity index (χ2n) is 12.2. The van der Waals surface area contributed by atoms with E-state index < -0.39 is 0 Å². The van der Waals surface area contributed by atoms with Crippen LogP contribution in [0.5, 0.6) is 0 Å². The quantitative estimate of drug-likeness (QED) is 0.181. The minimum Gasteiger partial charge on any atom is -0.310 e. The van der Waals surface area contributed by atoms with Gasteiger partial charge in [-0.05, 0) is 93.7 Å². The van der Waals surface area contributed by atoms with Crippen LogP contribution in [-0.4, -0.2) is 4.57 Å². The summed E-state index contributed by atoms with van der Waals surface area (Å²) >= 11 is 0. The van der Waals surface area contributed by atoms with Crippen LogP contribution in [0.1, 0.15) is 0 Å². The van der Waals surface area contributed by atoms with Crippen LogP contribution >= 0.6 is 0 Å². The van der Waals surface area contributed by atoms with Crippen LogP contribution in [-0.2, 0) is 0 Å². The van der Waals surface area contributed by atoms with E-state index in [0.29, 0.717) is 0 Å². The predicted molar refractivity (Wildman–Crippen MR) is 204 cm³/mol. The van der Waals surface area contributed by atoms with E-state index in [1.54, 1.807) is 0 Å². The Bertz CT molecular complexity index is 2550. The highest BCUT2D eigenvalue weighted by atomic mass is 15.1. The third-order valence-corrected chi connectivity index (χ3v) is 9.32. The number of hydrogen-bond acceptors (Lipinski definition) is 1. The van der Waals surface area contributed by atoms with Crippen LogP contribution in [0.15, 0.2) is 194 Å². The summed E-state index contributed by atoms with van der Waals surface area (Å²) in [5.74, 6) is 0. The van der Waals surface area contributed by atoms with Crippen molar-refractivity contribution < 1.29 is 0 Å². The Kier molecular flexibility index (Phi) is 6.84. The van der Waals surface area contributed by atoms with Gasteiger partial charge >= 0.3 is 0 Å².